The monoisotopic (exact) mass is 1260 g/mol. The Bertz CT molecular complexity index is 4790. The van der Waals surface area contributed by atoms with Gasteiger partial charge in [-0.05, 0) is 238 Å². The van der Waals surface area contributed by atoms with Gasteiger partial charge in [-0.25, -0.2) is 19.9 Å². The summed E-state index contributed by atoms with van der Waals surface area (Å²) in [5, 5.41) is 0. The number of benzene rings is 4. The van der Waals surface area contributed by atoms with Gasteiger partial charge in [-0.15, -0.1) is 0 Å². The van der Waals surface area contributed by atoms with E-state index in [9.17, 15) is 0 Å². The van der Waals surface area contributed by atoms with Crippen LogP contribution >= 0.6 is 0 Å². The van der Waals surface area contributed by atoms with Crippen molar-refractivity contribution >= 4 is 92.7 Å². The second kappa shape index (κ2) is 25.1. The summed E-state index contributed by atoms with van der Waals surface area (Å²) in [6, 6.07) is 56.5. The highest BCUT2D eigenvalue weighted by molar-refractivity contribution is 5.96. The highest BCUT2D eigenvalue weighted by Gasteiger charge is 2.26. The van der Waals surface area contributed by atoms with Crippen molar-refractivity contribution in [1.82, 2.24) is 39.9 Å². The van der Waals surface area contributed by atoms with Crippen molar-refractivity contribution in [2.75, 3.05) is 13.2 Å². The molecule has 482 valence electrons. The van der Waals surface area contributed by atoms with Gasteiger partial charge in [0.25, 0.3) is 0 Å². The van der Waals surface area contributed by atoms with E-state index < -0.39 is 0 Å². The average molecular weight is 1260 g/mol. The fourth-order valence-corrected chi connectivity index (χ4v) is 13.1. The molecule has 0 amide bonds. The first kappa shape index (κ1) is 63.1. The Kier molecular flexibility index (Phi) is 16.5. The number of nitrogens with one attached hydrogen (secondary N) is 4. The summed E-state index contributed by atoms with van der Waals surface area (Å²) in [5.74, 6) is 1.64. The number of nitrogens with zero attached hydrogens (tertiary/aromatic N) is 4. The van der Waals surface area contributed by atoms with Gasteiger partial charge >= 0.3 is 0 Å². The molecule has 14 rings (SSSR count). The van der Waals surface area contributed by atoms with Crippen LogP contribution in [0.4, 0.5) is 0 Å². The first-order valence-electron chi connectivity index (χ1n) is 34.0. The molecule has 6 aromatic heterocycles. The zero-order chi connectivity index (χ0) is 66.7. The smallest absolute Gasteiger partial charge is 0.119 e. The number of hydrogen-bond donors (Lipinski definition) is 4. The Morgan fingerprint density at radius 2 is 0.562 bits per heavy atom. The fourth-order valence-electron chi connectivity index (χ4n) is 13.1. The number of fused-ring (bicyclic) bond motifs is 16. The van der Waals surface area contributed by atoms with E-state index in [4.69, 9.17) is 29.4 Å². The molecule has 10 heterocycles. The molecule has 10 heteroatoms. The Morgan fingerprint density at radius 3 is 0.844 bits per heavy atom. The Morgan fingerprint density at radius 1 is 0.281 bits per heavy atom. The van der Waals surface area contributed by atoms with Crippen LogP contribution in [0.5, 0.6) is 11.5 Å². The van der Waals surface area contributed by atoms with E-state index in [0.717, 1.165) is 171 Å². The summed E-state index contributed by atoms with van der Waals surface area (Å²) in [5.41, 5.74) is 28.3. The van der Waals surface area contributed by atoms with Crippen molar-refractivity contribution < 1.29 is 9.47 Å². The maximum atomic E-state index is 6.49. The van der Waals surface area contributed by atoms with Gasteiger partial charge in [-0.1, -0.05) is 144 Å². The van der Waals surface area contributed by atoms with E-state index in [0.29, 0.717) is 13.2 Å². The lowest BCUT2D eigenvalue weighted by molar-refractivity contribution is 0.287. The zero-order valence-corrected chi connectivity index (χ0v) is 57.5. The predicted molar refractivity (Wildman–Crippen MR) is 404 cm³/mol. The molecule has 4 aromatic carbocycles. The first-order valence-corrected chi connectivity index (χ1v) is 34.0. The normalized spacial score (nSPS) is 13.1. The topological polar surface area (TPSA) is 133 Å². The molecule has 0 radical (unpaired) electrons. The van der Waals surface area contributed by atoms with Crippen molar-refractivity contribution in [3.8, 4) is 56.0 Å². The fraction of sp³-hybridized carbons (Fsp3) is 0.256. The van der Waals surface area contributed by atoms with Gasteiger partial charge in [-0.3, -0.25) is 0 Å². The number of aromatic amines is 4. The van der Waals surface area contributed by atoms with Crippen LogP contribution in [-0.2, 0) is 21.7 Å². The van der Waals surface area contributed by atoms with Gasteiger partial charge < -0.3 is 29.4 Å². The predicted octanol–water partition coefficient (Wildman–Crippen LogP) is 22.5. The molecular formula is C86H86N8O2. The van der Waals surface area contributed by atoms with Crippen molar-refractivity contribution in [3.63, 3.8) is 0 Å². The largest absolute Gasteiger partial charge is 0.494 e. The second-order valence-electron chi connectivity index (χ2n) is 30.2. The van der Waals surface area contributed by atoms with Crippen LogP contribution in [0.3, 0.4) is 0 Å². The van der Waals surface area contributed by atoms with Crippen LogP contribution < -0.4 is 9.47 Å². The molecule has 96 heavy (non-hydrogen) atoms. The Hall–Kier alpha value is -10.3. The number of rotatable bonds is 13. The molecule has 0 saturated heterocycles. The number of aromatic nitrogens is 8. The molecule has 0 atom stereocenters. The number of ether oxygens (including phenoxy) is 2. The molecule has 10 nitrogen and oxygen atoms in total. The lowest BCUT2D eigenvalue weighted by Crippen LogP contribution is -2.16. The number of unbranched alkanes of at least 4 members (excludes halogenated alkanes) is 3. The maximum absolute atomic E-state index is 6.49. The molecule has 10 aromatic rings. The summed E-state index contributed by atoms with van der Waals surface area (Å²) < 4.78 is 13.0. The van der Waals surface area contributed by atoms with E-state index in [1.165, 1.54) is 22.3 Å². The van der Waals surface area contributed by atoms with Crippen molar-refractivity contribution in [1.29, 1.82) is 0 Å². The molecule has 0 spiro atoms. The van der Waals surface area contributed by atoms with Crippen LogP contribution in [0.15, 0.2) is 158 Å². The van der Waals surface area contributed by atoms with Gasteiger partial charge in [-0.2, -0.15) is 0 Å². The van der Waals surface area contributed by atoms with E-state index in [1.54, 1.807) is 0 Å². The molecule has 4 aliphatic rings. The lowest BCUT2D eigenvalue weighted by Gasteiger charge is -2.26. The van der Waals surface area contributed by atoms with Gasteiger partial charge in [0.1, 0.15) is 11.5 Å². The average Bonchev–Trinajstić information content (AvgIpc) is 1.10. The van der Waals surface area contributed by atoms with Crippen molar-refractivity contribution in [2.24, 2.45) is 0 Å². The van der Waals surface area contributed by atoms with E-state index in [1.807, 2.05) is 12.1 Å². The zero-order valence-electron chi connectivity index (χ0n) is 57.5. The van der Waals surface area contributed by atoms with Crippen LogP contribution in [-0.4, -0.2) is 53.1 Å². The molecule has 4 N–H and O–H groups in total. The summed E-state index contributed by atoms with van der Waals surface area (Å²) in [6.07, 6.45) is 20.8. The number of H-pyrrole nitrogens is 4. The van der Waals surface area contributed by atoms with Gasteiger partial charge in [0.05, 0.1) is 58.8 Å². The maximum Gasteiger partial charge on any atom is 0.119 e. The van der Waals surface area contributed by atoms with Crippen LogP contribution in [0.1, 0.15) is 177 Å². The summed E-state index contributed by atoms with van der Waals surface area (Å²) in [4.78, 5) is 36.1. The van der Waals surface area contributed by atoms with Gasteiger partial charge in [0.15, 0.2) is 0 Å². The third-order valence-electron chi connectivity index (χ3n) is 18.5. The Labute approximate surface area is 564 Å². The summed E-state index contributed by atoms with van der Waals surface area (Å²) in [7, 11) is 0. The lowest BCUT2D eigenvalue weighted by atomic mass is 9.78. The van der Waals surface area contributed by atoms with E-state index >= 15 is 0 Å². The molecule has 0 fully saturated rings. The summed E-state index contributed by atoms with van der Waals surface area (Å²) >= 11 is 0. The highest BCUT2D eigenvalue weighted by Crippen LogP contribution is 2.41. The van der Waals surface area contributed by atoms with Crippen LogP contribution in [0.2, 0.25) is 0 Å². The first-order chi connectivity index (χ1) is 46.0. The molecule has 4 aliphatic heterocycles. The SMILES string of the molecule is CC(C)(C)c1cc(-c2c3nc(cc4ccc([nH]4)c(-c4cccc(OCCCCCCOc5cccc(-c6c7nc(cc8ccc([nH]8)c(-c8cc(C(C)(C)C)cc(C(C)(C)C)c8)c8nc(cc9ccc6[nH]9)C=C8)C=C7)c5)c4)c4nc(cc5ccc2[nH]5)C=C4)C=C3)cc(C(C)(C)C)c1. The third-order valence-corrected chi connectivity index (χ3v) is 18.5. The van der Waals surface area contributed by atoms with Crippen LogP contribution in [0.25, 0.3) is 137 Å². The molecular weight excluding hydrogens is 1180 g/mol. The van der Waals surface area contributed by atoms with Crippen molar-refractivity contribution in [2.45, 2.75) is 130 Å². The molecule has 0 aliphatic carbocycles. The standard InChI is InChI=1S/C86H86N8O2/c1-83(2,3)57-41-55(42-58(47-57)84(4,5)6)81-75-35-27-65(91-75)49-61-23-31-71(87-61)79(72-32-24-62(88-72)50-66-28-36-76(81)92-66)53-19-17-21-69(45-53)95-39-15-13-14-16-40-96-70-22-18-20-54(46-70)80-73-33-25-63(89-73)51-67-29-37-77(93-67)82(78-38-30-68(94-78)52-64-26-34-74(80)90-64)56-43-59(85(7,8)9)48-60(44-56)86(10,11)12/h17-38,41-52,87,89,92,94H,13-16,39-40H2,1-12H3. The minimum absolute atomic E-state index is 0.0378. The van der Waals surface area contributed by atoms with Crippen LogP contribution in [0, 0.1) is 0 Å². The number of hydrogen-bond acceptors (Lipinski definition) is 6. The minimum Gasteiger partial charge on any atom is -0.494 e. The van der Waals surface area contributed by atoms with Crippen molar-refractivity contribution in [3.05, 3.63) is 226 Å². The van der Waals surface area contributed by atoms with E-state index in [-0.39, 0.29) is 21.7 Å². The third kappa shape index (κ3) is 13.7. The Balaban J connectivity index is 0.664. The van der Waals surface area contributed by atoms with Gasteiger partial charge in [0, 0.05) is 66.4 Å². The molecule has 16 bridgehead atoms. The highest BCUT2D eigenvalue weighted by atomic mass is 16.5. The van der Waals surface area contributed by atoms with Gasteiger partial charge in [0.2, 0.25) is 0 Å². The quantitative estimate of drug-likeness (QED) is 0.0850. The summed E-state index contributed by atoms with van der Waals surface area (Å²) in [6.45, 7) is 28.6. The minimum atomic E-state index is -0.0378. The molecule has 0 unspecified atom stereocenters. The second-order valence-corrected chi connectivity index (χ2v) is 30.2. The van der Waals surface area contributed by atoms with E-state index in [2.05, 4.69) is 297 Å². The molecule has 0 saturated carbocycles.